The van der Waals surface area contributed by atoms with Crippen molar-refractivity contribution in [3.8, 4) is 0 Å². The lowest BCUT2D eigenvalue weighted by atomic mass is 10.8. The van der Waals surface area contributed by atoms with Crippen molar-refractivity contribution >= 4 is 0 Å². The van der Waals surface area contributed by atoms with Crippen LogP contribution in [-0.4, -0.2) is 30.7 Å². The molecule has 0 spiro atoms. The van der Waals surface area contributed by atoms with Gasteiger partial charge in [-0.3, -0.25) is 10.2 Å². The first-order chi connectivity index (χ1) is 2.97. The lowest BCUT2D eigenvalue weighted by molar-refractivity contribution is 0.542. The molecule has 0 saturated carbocycles. The van der Waals surface area contributed by atoms with Crippen LogP contribution in [0.3, 0.4) is 0 Å². The highest BCUT2D eigenvalue weighted by molar-refractivity contribution is 4.90. The Balaban J connectivity index is 1.92. The van der Waals surface area contributed by atoms with Gasteiger partial charge in [-0.25, -0.2) is 0 Å². The third kappa shape index (κ3) is 0.340. The van der Waals surface area contributed by atoms with Gasteiger partial charge in [0, 0.05) is 19.6 Å². The summed E-state index contributed by atoms with van der Waals surface area (Å²) < 4.78 is 0. The summed E-state index contributed by atoms with van der Waals surface area (Å²) in [5, 5.41) is 3.22. The van der Waals surface area contributed by atoms with E-state index in [9.17, 15) is 0 Å². The van der Waals surface area contributed by atoms with Gasteiger partial charge in [-0.2, -0.15) is 0 Å². The van der Waals surface area contributed by atoms with Crippen LogP contribution in [0.15, 0.2) is 0 Å². The molecule has 2 fully saturated rings. The minimum atomic E-state index is 0.796. The molecule has 0 aromatic heterocycles. The maximum absolute atomic E-state index is 3.22. The molecule has 2 aliphatic rings. The summed E-state index contributed by atoms with van der Waals surface area (Å²) in [6.45, 7) is 3.90. The maximum atomic E-state index is 3.22. The van der Waals surface area contributed by atoms with Gasteiger partial charge < -0.3 is 0 Å². The molecule has 0 aromatic rings. The minimum Gasteiger partial charge on any atom is -0.298 e. The monoisotopic (exact) mass is 84.1 g/mol. The number of rotatable bonds is 1. The molecule has 0 amide bonds. The Morgan fingerprint density at radius 3 is 2.33 bits per heavy atom. The minimum absolute atomic E-state index is 0.796. The van der Waals surface area contributed by atoms with E-state index < -0.39 is 0 Å². The lowest BCUT2D eigenvalue weighted by Gasteiger charge is -1.84. The van der Waals surface area contributed by atoms with E-state index in [1.165, 1.54) is 19.6 Å². The predicted molar refractivity (Wildman–Crippen MR) is 23.4 cm³/mol. The Morgan fingerprint density at radius 2 is 2.17 bits per heavy atom. The summed E-state index contributed by atoms with van der Waals surface area (Å²) in [7, 11) is 0. The highest BCUT2D eigenvalue weighted by Gasteiger charge is 2.34. The van der Waals surface area contributed by atoms with Crippen LogP contribution in [0.2, 0.25) is 0 Å². The van der Waals surface area contributed by atoms with Gasteiger partial charge in [0.1, 0.15) is 0 Å². The smallest absolute Gasteiger partial charge is 0.0728 e. The molecule has 2 saturated heterocycles. The Kier molecular flexibility index (Phi) is 0.383. The number of hydrogen-bond donors (Lipinski definition) is 1. The standard InChI is InChI=1S/C4H8N2/c1-2-6(1)4-3-5-4/h4-5H,1-3H2. The van der Waals surface area contributed by atoms with Gasteiger partial charge in [-0.1, -0.05) is 0 Å². The van der Waals surface area contributed by atoms with Gasteiger partial charge in [-0.05, 0) is 0 Å². The molecule has 2 nitrogen and oxygen atoms in total. The van der Waals surface area contributed by atoms with E-state index in [0.717, 1.165) is 6.17 Å². The zero-order chi connectivity index (χ0) is 3.98. The van der Waals surface area contributed by atoms with Crippen LogP contribution in [0.4, 0.5) is 0 Å². The van der Waals surface area contributed by atoms with Crippen molar-refractivity contribution in [2.75, 3.05) is 19.6 Å². The molecule has 0 radical (unpaired) electrons. The summed E-state index contributed by atoms with van der Waals surface area (Å²) in [5.74, 6) is 0. The van der Waals surface area contributed by atoms with E-state index in [1.54, 1.807) is 0 Å². The molecule has 34 valence electrons. The third-order valence-electron chi connectivity index (χ3n) is 1.31. The van der Waals surface area contributed by atoms with E-state index in [1.807, 2.05) is 0 Å². The van der Waals surface area contributed by atoms with Crippen molar-refractivity contribution in [3.05, 3.63) is 0 Å². The van der Waals surface area contributed by atoms with Crippen LogP contribution in [-0.2, 0) is 0 Å². The number of nitrogens with one attached hydrogen (secondary N) is 1. The largest absolute Gasteiger partial charge is 0.298 e. The molecule has 1 atom stereocenters. The zero-order valence-electron chi connectivity index (χ0n) is 3.65. The first-order valence-electron chi connectivity index (χ1n) is 2.44. The fourth-order valence-corrected chi connectivity index (χ4v) is 0.680. The van der Waals surface area contributed by atoms with E-state index in [0.29, 0.717) is 0 Å². The maximum Gasteiger partial charge on any atom is 0.0728 e. The molecular formula is C4H8N2. The molecule has 1 unspecified atom stereocenters. The summed E-state index contributed by atoms with van der Waals surface area (Å²) in [6, 6.07) is 0. The predicted octanol–water partition coefficient (Wildman–Crippen LogP) is -0.769. The fraction of sp³-hybridized carbons (Fsp3) is 1.00. The molecule has 2 rings (SSSR count). The highest BCUT2D eigenvalue weighted by Crippen LogP contribution is 2.13. The van der Waals surface area contributed by atoms with E-state index >= 15 is 0 Å². The zero-order valence-corrected chi connectivity index (χ0v) is 3.65. The molecule has 0 aromatic carbocycles. The van der Waals surface area contributed by atoms with Crippen LogP contribution in [0.5, 0.6) is 0 Å². The summed E-state index contributed by atoms with van der Waals surface area (Å²) >= 11 is 0. The second-order valence-corrected chi connectivity index (χ2v) is 1.96. The average Bonchev–Trinajstić information content (AvgIpc) is 2.26. The number of nitrogens with zero attached hydrogens (tertiary/aromatic N) is 1. The lowest BCUT2D eigenvalue weighted by Crippen LogP contribution is -2.02. The summed E-state index contributed by atoms with van der Waals surface area (Å²) in [4.78, 5) is 2.42. The van der Waals surface area contributed by atoms with Crippen molar-refractivity contribution in [1.82, 2.24) is 10.2 Å². The van der Waals surface area contributed by atoms with Crippen LogP contribution in [0, 0.1) is 0 Å². The SMILES string of the molecule is C1NC1N1CC1. The van der Waals surface area contributed by atoms with Gasteiger partial charge in [0.25, 0.3) is 0 Å². The fourth-order valence-electron chi connectivity index (χ4n) is 0.680. The average molecular weight is 84.1 g/mol. The molecule has 1 N–H and O–H groups in total. The Labute approximate surface area is 37.1 Å². The molecule has 2 heterocycles. The van der Waals surface area contributed by atoms with Crippen LogP contribution in [0.1, 0.15) is 0 Å². The van der Waals surface area contributed by atoms with Crippen LogP contribution in [0.25, 0.3) is 0 Å². The molecule has 2 heteroatoms. The second kappa shape index (κ2) is 0.768. The van der Waals surface area contributed by atoms with Crippen LogP contribution >= 0.6 is 0 Å². The molecule has 2 aliphatic heterocycles. The van der Waals surface area contributed by atoms with Crippen LogP contribution < -0.4 is 5.32 Å². The van der Waals surface area contributed by atoms with Crippen molar-refractivity contribution in [1.29, 1.82) is 0 Å². The van der Waals surface area contributed by atoms with Gasteiger partial charge in [0.2, 0.25) is 0 Å². The molecular weight excluding hydrogens is 76.1 g/mol. The Hall–Kier alpha value is -0.0800. The Bertz CT molecular complexity index is 53.9. The summed E-state index contributed by atoms with van der Waals surface area (Å²) in [6.07, 6.45) is 0.796. The van der Waals surface area contributed by atoms with E-state index in [4.69, 9.17) is 0 Å². The van der Waals surface area contributed by atoms with E-state index in [-0.39, 0.29) is 0 Å². The molecule has 6 heavy (non-hydrogen) atoms. The van der Waals surface area contributed by atoms with Gasteiger partial charge in [-0.15, -0.1) is 0 Å². The quantitative estimate of drug-likeness (QED) is 0.422. The summed E-state index contributed by atoms with van der Waals surface area (Å²) in [5.41, 5.74) is 0. The second-order valence-electron chi connectivity index (χ2n) is 1.96. The van der Waals surface area contributed by atoms with Gasteiger partial charge in [0.15, 0.2) is 0 Å². The van der Waals surface area contributed by atoms with Gasteiger partial charge in [0.05, 0.1) is 6.17 Å². The topological polar surface area (TPSA) is 25.0 Å². The first-order valence-corrected chi connectivity index (χ1v) is 2.44. The Morgan fingerprint density at radius 1 is 1.50 bits per heavy atom. The molecule has 0 aliphatic carbocycles. The van der Waals surface area contributed by atoms with Crippen molar-refractivity contribution in [2.24, 2.45) is 0 Å². The van der Waals surface area contributed by atoms with Gasteiger partial charge >= 0.3 is 0 Å². The molecule has 0 bridgehead atoms. The third-order valence-corrected chi connectivity index (χ3v) is 1.31. The van der Waals surface area contributed by atoms with Crippen molar-refractivity contribution in [2.45, 2.75) is 6.17 Å². The van der Waals surface area contributed by atoms with Crippen molar-refractivity contribution in [3.63, 3.8) is 0 Å². The first kappa shape index (κ1) is 2.99. The normalized spacial score (nSPS) is 43.0. The van der Waals surface area contributed by atoms with Crippen molar-refractivity contribution < 1.29 is 0 Å². The highest BCUT2D eigenvalue weighted by atomic mass is 15.4. The number of hydrogen-bond acceptors (Lipinski definition) is 2. The van der Waals surface area contributed by atoms with E-state index in [2.05, 4.69) is 10.2 Å².